The molecule has 0 radical (unpaired) electrons. The van der Waals surface area contributed by atoms with Crippen LogP contribution in [0.4, 0.5) is 0 Å². The predicted molar refractivity (Wildman–Crippen MR) is 67.9 cm³/mol. The Morgan fingerprint density at radius 2 is 1.89 bits per heavy atom. The minimum absolute atomic E-state index is 0.835. The van der Waals surface area contributed by atoms with Gasteiger partial charge in [0.1, 0.15) is 0 Å². The third-order valence-corrected chi connectivity index (χ3v) is 2.47. The van der Waals surface area contributed by atoms with Crippen LogP contribution in [0.5, 0.6) is 0 Å². The summed E-state index contributed by atoms with van der Waals surface area (Å²) in [6, 6.07) is 5.67. The summed E-state index contributed by atoms with van der Waals surface area (Å²) in [6.07, 6.45) is 7.08. The fraction of sp³-hybridized carbons (Fsp3) is 0.0714. The van der Waals surface area contributed by atoms with E-state index in [-0.39, 0.29) is 0 Å². The maximum atomic E-state index is 4.31. The van der Waals surface area contributed by atoms with E-state index in [1.807, 2.05) is 31.3 Å². The van der Waals surface area contributed by atoms with Crippen LogP contribution in [0.1, 0.15) is 16.8 Å². The van der Waals surface area contributed by atoms with E-state index in [0.29, 0.717) is 0 Å². The molecule has 4 heteroatoms. The lowest BCUT2D eigenvalue weighted by molar-refractivity contribution is 0.914. The quantitative estimate of drug-likeness (QED) is 0.557. The fourth-order valence-electron chi connectivity index (χ4n) is 1.64. The molecule has 0 saturated heterocycles. The molecule has 4 nitrogen and oxygen atoms in total. The van der Waals surface area contributed by atoms with Gasteiger partial charge in [-0.05, 0) is 19.1 Å². The molecule has 0 amide bonds. The van der Waals surface area contributed by atoms with E-state index in [4.69, 9.17) is 0 Å². The topological polar surface area (TPSA) is 43.1 Å². The molecule has 0 saturated carbocycles. The molecule has 0 unspecified atom stereocenters. The number of pyridine rings is 1. The van der Waals surface area contributed by atoms with Crippen molar-refractivity contribution in [2.45, 2.75) is 6.92 Å². The van der Waals surface area contributed by atoms with Crippen molar-refractivity contribution in [2.24, 2.45) is 0 Å². The number of aryl methyl sites for hydroxylation is 1. The standard InChI is InChI=1S/C14H10N4/c1-11-8-14-16-9-13(10-18(14)17-11)3-2-12-4-6-15-7-5-12/h4-10H,1H3. The minimum atomic E-state index is 0.835. The largest absolute Gasteiger partial charge is 0.265 e. The molecule has 0 atom stereocenters. The van der Waals surface area contributed by atoms with Gasteiger partial charge in [0, 0.05) is 36.4 Å². The summed E-state index contributed by atoms with van der Waals surface area (Å²) in [7, 11) is 0. The second kappa shape index (κ2) is 4.30. The van der Waals surface area contributed by atoms with Crippen molar-refractivity contribution >= 4 is 5.65 Å². The lowest BCUT2D eigenvalue weighted by Crippen LogP contribution is -1.91. The zero-order valence-corrected chi connectivity index (χ0v) is 9.83. The van der Waals surface area contributed by atoms with E-state index in [9.17, 15) is 0 Å². The molecule has 3 aromatic heterocycles. The summed E-state index contributed by atoms with van der Waals surface area (Å²) >= 11 is 0. The Hall–Kier alpha value is -2.67. The Kier molecular flexibility index (Phi) is 2.50. The third-order valence-electron chi connectivity index (χ3n) is 2.47. The van der Waals surface area contributed by atoms with Crippen LogP contribution < -0.4 is 0 Å². The fourth-order valence-corrected chi connectivity index (χ4v) is 1.64. The molecule has 0 fully saturated rings. The average Bonchev–Trinajstić information content (AvgIpc) is 2.77. The van der Waals surface area contributed by atoms with Gasteiger partial charge >= 0.3 is 0 Å². The van der Waals surface area contributed by atoms with Gasteiger partial charge in [0.2, 0.25) is 0 Å². The van der Waals surface area contributed by atoms with Crippen LogP contribution in [0, 0.1) is 18.8 Å². The smallest absolute Gasteiger partial charge is 0.155 e. The molecule has 3 aromatic rings. The van der Waals surface area contributed by atoms with Crippen molar-refractivity contribution in [3.8, 4) is 11.8 Å². The monoisotopic (exact) mass is 234 g/mol. The molecule has 0 aromatic carbocycles. The molecule has 0 bridgehead atoms. The van der Waals surface area contributed by atoms with Crippen molar-refractivity contribution in [1.82, 2.24) is 19.6 Å². The maximum Gasteiger partial charge on any atom is 0.155 e. The summed E-state index contributed by atoms with van der Waals surface area (Å²) in [5, 5.41) is 4.31. The third kappa shape index (κ3) is 2.06. The summed E-state index contributed by atoms with van der Waals surface area (Å²) in [5.74, 6) is 6.12. The van der Waals surface area contributed by atoms with E-state index in [1.165, 1.54) is 0 Å². The van der Waals surface area contributed by atoms with Crippen LogP contribution in [-0.4, -0.2) is 19.6 Å². The highest BCUT2D eigenvalue weighted by molar-refractivity contribution is 5.44. The van der Waals surface area contributed by atoms with Gasteiger partial charge in [0.25, 0.3) is 0 Å². The lowest BCUT2D eigenvalue weighted by Gasteiger charge is -1.93. The Labute approximate surface area is 104 Å². The minimum Gasteiger partial charge on any atom is -0.265 e. The van der Waals surface area contributed by atoms with E-state index in [1.54, 1.807) is 23.1 Å². The molecular weight excluding hydrogens is 224 g/mol. The van der Waals surface area contributed by atoms with Gasteiger partial charge in [-0.2, -0.15) is 5.10 Å². The van der Waals surface area contributed by atoms with Crippen molar-refractivity contribution < 1.29 is 0 Å². The number of aromatic nitrogens is 4. The Bertz CT molecular complexity index is 748. The van der Waals surface area contributed by atoms with Crippen LogP contribution >= 0.6 is 0 Å². The van der Waals surface area contributed by atoms with E-state index >= 15 is 0 Å². The van der Waals surface area contributed by atoms with Crippen molar-refractivity contribution in [1.29, 1.82) is 0 Å². The average molecular weight is 234 g/mol. The van der Waals surface area contributed by atoms with Crippen molar-refractivity contribution in [3.63, 3.8) is 0 Å². The summed E-state index contributed by atoms with van der Waals surface area (Å²) in [6.45, 7) is 1.94. The zero-order valence-electron chi connectivity index (χ0n) is 9.83. The molecule has 0 aliphatic rings. The highest BCUT2D eigenvalue weighted by Gasteiger charge is 1.98. The van der Waals surface area contributed by atoms with Crippen LogP contribution in [0.25, 0.3) is 5.65 Å². The number of fused-ring (bicyclic) bond motifs is 1. The molecule has 0 aliphatic heterocycles. The van der Waals surface area contributed by atoms with Gasteiger partial charge in [-0.15, -0.1) is 0 Å². The highest BCUT2D eigenvalue weighted by Crippen LogP contribution is 2.04. The van der Waals surface area contributed by atoms with Crippen LogP contribution in [0.3, 0.4) is 0 Å². The van der Waals surface area contributed by atoms with E-state index in [0.717, 1.165) is 22.5 Å². The molecule has 3 rings (SSSR count). The highest BCUT2D eigenvalue weighted by atomic mass is 15.2. The second-order valence-corrected chi connectivity index (χ2v) is 3.92. The Morgan fingerprint density at radius 3 is 2.72 bits per heavy atom. The predicted octanol–water partition coefficient (Wildman–Crippen LogP) is 1.83. The van der Waals surface area contributed by atoms with Crippen LogP contribution in [0.2, 0.25) is 0 Å². The molecular formula is C14H10N4. The van der Waals surface area contributed by atoms with Gasteiger partial charge in [-0.3, -0.25) is 4.98 Å². The first-order chi connectivity index (χ1) is 8.81. The molecule has 18 heavy (non-hydrogen) atoms. The van der Waals surface area contributed by atoms with Gasteiger partial charge in [-0.1, -0.05) is 11.8 Å². The first-order valence-electron chi connectivity index (χ1n) is 5.55. The Balaban J connectivity index is 1.98. The summed E-state index contributed by atoms with van der Waals surface area (Å²) in [5.41, 5.74) is 3.55. The van der Waals surface area contributed by atoms with Gasteiger partial charge in [0.15, 0.2) is 5.65 Å². The normalized spacial score (nSPS) is 10.1. The second-order valence-electron chi connectivity index (χ2n) is 3.92. The Morgan fingerprint density at radius 1 is 1.11 bits per heavy atom. The van der Waals surface area contributed by atoms with Crippen LogP contribution in [-0.2, 0) is 0 Å². The summed E-state index contributed by atoms with van der Waals surface area (Å²) in [4.78, 5) is 8.25. The van der Waals surface area contributed by atoms with Crippen LogP contribution in [0.15, 0.2) is 43.0 Å². The zero-order chi connectivity index (χ0) is 12.4. The van der Waals surface area contributed by atoms with Gasteiger partial charge < -0.3 is 0 Å². The SMILES string of the molecule is Cc1cc2ncc(C#Cc3ccncc3)cn2n1. The number of hydrogen-bond donors (Lipinski definition) is 0. The number of nitrogens with zero attached hydrogens (tertiary/aromatic N) is 4. The first kappa shape index (κ1) is 10.5. The van der Waals surface area contributed by atoms with Crippen molar-refractivity contribution in [2.75, 3.05) is 0 Å². The van der Waals surface area contributed by atoms with Gasteiger partial charge in [0.05, 0.1) is 11.3 Å². The molecule has 0 aliphatic carbocycles. The number of hydrogen-bond acceptors (Lipinski definition) is 3. The molecule has 3 heterocycles. The van der Waals surface area contributed by atoms with Crippen molar-refractivity contribution in [3.05, 3.63) is 59.8 Å². The molecule has 0 spiro atoms. The molecule has 86 valence electrons. The maximum absolute atomic E-state index is 4.31. The number of rotatable bonds is 0. The lowest BCUT2D eigenvalue weighted by atomic mass is 10.2. The summed E-state index contributed by atoms with van der Waals surface area (Å²) < 4.78 is 1.74. The molecule has 0 N–H and O–H groups in total. The first-order valence-corrected chi connectivity index (χ1v) is 5.55. The van der Waals surface area contributed by atoms with Gasteiger partial charge in [-0.25, -0.2) is 9.50 Å². The van der Waals surface area contributed by atoms with E-state index < -0.39 is 0 Å². The van der Waals surface area contributed by atoms with E-state index in [2.05, 4.69) is 26.9 Å².